The molecule has 1 aromatic carbocycles. The van der Waals surface area contributed by atoms with Crippen LogP contribution >= 0.6 is 0 Å². The molecular formula is C11H10N4O2S. The lowest BCUT2D eigenvalue weighted by Gasteiger charge is -2.18. The highest BCUT2D eigenvalue weighted by Gasteiger charge is 2.22. The fraction of sp³-hybridized carbons (Fsp3) is 0.0909. The van der Waals surface area contributed by atoms with Gasteiger partial charge in [0.15, 0.2) is 5.03 Å². The van der Waals surface area contributed by atoms with Crippen molar-refractivity contribution in [2.45, 2.75) is 5.03 Å². The van der Waals surface area contributed by atoms with E-state index < -0.39 is 10.0 Å². The molecule has 7 heteroatoms. The number of sulfonamides is 1. The van der Waals surface area contributed by atoms with Crippen molar-refractivity contribution in [3.8, 4) is 6.07 Å². The molecule has 0 saturated heterocycles. The van der Waals surface area contributed by atoms with Crippen LogP contribution in [-0.4, -0.2) is 25.7 Å². The third kappa shape index (κ3) is 2.06. The van der Waals surface area contributed by atoms with Gasteiger partial charge in [0.05, 0.1) is 23.5 Å². The van der Waals surface area contributed by atoms with Crippen molar-refractivity contribution in [2.24, 2.45) is 0 Å². The van der Waals surface area contributed by atoms with Crippen LogP contribution in [0.15, 0.2) is 41.6 Å². The van der Waals surface area contributed by atoms with Crippen LogP contribution in [0.2, 0.25) is 0 Å². The molecule has 1 heterocycles. The van der Waals surface area contributed by atoms with Gasteiger partial charge in [-0.2, -0.15) is 18.8 Å². The van der Waals surface area contributed by atoms with E-state index in [1.807, 2.05) is 6.07 Å². The lowest BCUT2D eigenvalue weighted by Crippen LogP contribution is -2.26. The van der Waals surface area contributed by atoms with Gasteiger partial charge in [-0.3, -0.25) is 9.40 Å². The van der Waals surface area contributed by atoms with Crippen molar-refractivity contribution in [3.63, 3.8) is 0 Å². The third-order valence-corrected chi connectivity index (χ3v) is 4.17. The minimum Gasteiger partial charge on any atom is -0.268 e. The van der Waals surface area contributed by atoms with E-state index in [-0.39, 0.29) is 5.03 Å². The van der Waals surface area contributed by atoms with Crippen molar-refractivity contribution < 1.29 is 8.42 Å². The highest BCUT2D eigenvalue weighted by molar-refractivity contribution is 7.92. The molecule has 92 valence electrons. The molecule has 0 bridgehead atoms. The summed E-state index contributed by atoms with van der Waals surface area (Å²) in [5.41, 5.74) is 0.822. The molecule has 0 radical (unpaired) electrons. The summed E-state index contributed by atoms with van der Waals surface area (Å²) < 4.78 is 25.4. The van der Waals surface area contributed by atoms with E-state index in [0.717, 1.165) is 4.31 Å². The molecule has 6 nitrogen and oxygen atoms in total. The highest BCUT2D eigenvalue weighted by atomic mass is 32.2. The molecule has 18 heavy (non-hydrogen) atoms. The monoisotopic (exact) mass is 262 g/mol. The molecule has 0 aliphatic rings. The molecule has 1 aromatic heterocycles. The lowest BCUT2D eigenvalue weighted by molar-refractivity contribution is 0.590. The smallest absolute Gasteiger partial charge is 0.268 e. The summed E-state index contributed by atoms with van der Waals surface area (Å²) in [6.07, 6.45) is 1.37. The standard InChI is InChI=1S/C11H10N4O2S/c1-15(10-4-2-3-9(7-10)8-12)18(16,17)11-5-6-13-14-11/h2-7H,1H3,(H,13,14). The zero-order valence-electron chi connectivity index (χ0n) is 9.53. The van der Waals surface area contributed by atoms with Crippen molar-refractivity contribution in [2.75, 3.05) is 11.4 Å². The molecule has 0 atom stereocenters. The van der Waals surface area contributed by atoms with Gasteiger partial charge in [-0.15, -0.1) is 0 Å². The van der Waals surface area contributed by atoms with Gasteiger partial charge in [0.25, 0.3) is 10.0 Å². The molecule has 1 N–H and O–H groups in total. The van der Waals surface area contributed by atoms with Crippen LogP contribution in [0.1, 0.15) is 5.56 Å². The average molecular weight is 262 g/mol. The maximum atomic E-state index is 12.2. The molecule has 2 rings (SSSR count). The zero-order valence-corrected chi connectivity index (χ0v) is 10.3. The van der Waals surface area contributed by atoms with Gasteiger partial charge in [-0.05, 0) is 24.3 Å². The number of hydrogen-bond donors (Lipinski definition) is 1. The Hall–Kier alpha value is -2.33. The number of nitrogens with one attached hydrogen (secondary N) is 1. The number of aromatic nitrogens is 2. The van der Waals surface area contributed by atoms with Crippen LogP contribution in [0.4, 0.5) is 5.69 Å². The number of hydrogen-bond acceptors (Lipinski definition) is 4. The molecule has 0 fully saturated rings. The summed E-state index contributed by atoms with van der Waals surface area (Å²) in [4.78, 5) is 0. The highest BCUT2D eigenvalue weighted by Crippen LogP contribution is 2.21. The molecule has 0 aliphatic carbocycles. The van der Waals surface area contributed by atoms with Gasteiger partial charge < -0.3 is 0 Å². The number of nitriles is 1. The van der Waals surface area contributed by atoms with Crippen LogP contribution < -0.4 is 4.31 Å². The summed E-state index contributed by atoms with van der Waals surface area (Å²) >= 11 is 0. The second-order valence-electron chi connectivity index (χ2n) is 3.56. The Bertz CT molecular complexity index is 686. The first kappa shape index (κ1) is 12.1. The van der Waals surface area contributed by atoms with Gasteiger partial charge in [0, 0.05) is 7.05 Å². The first-order valence-corrected chi connectivity index (χ1v) is 6.48. The van der Waals surface area contributed by atoms with E-state index in [9.17, 15) is 8.42 Å². The van der Waals surface area contributed by atoms with E-state index in [0.29, 0.717) is 11.3 Å². The van der Waals surface area contributed by atoms with Crippen LogP contribution in [-0.2, 0) is 10.0 Å². The normalized spacial score (nSPS) is 10.9. The predicted octanol–water partition coefficient (Wildman–Crippen LogP) is 1.11. The molecule has 0 aliphatic heterocycles. The van der Waals surface area contributed by atoms with Crippen molar-refractivity contribution in [1.29, 1.82) is 5.26 Å². The number of aromatic amines is 1. The Labute approximate surface area is 105 Å². The average Bonchev–Trinajstić information content (AvgIpc) is 2.92. The quantitative estimate of drug-likeness (QED) is 0.897. The molecule has 0 saturated carbocycles. The second kappa shape index (κ2) is 4.50. The first-order chi connectivity index (χ1) is 8.55. The van der Waals surface area contributed by atoms with Crippen LogP contribution in [0.5, 0.6) is 0 Å². The summed E-state index contributed by atoms with van der Waals surface area (Å²) in [7, 11) is -2.24. The van der Waals surface area contributed by atoms with Crippen LogP contribution in [0.3, 0.4) is 0 Å². The maximum Gasteiger partial charge on any atom is 0.281 e. The fourth-order valence-electron chi connectivity index (χ4n) is 1.44. The fourth-order valence-corrected chi connectivity index (χ4v) is 2.53. The largest absolute Gasteiger partial charge is 0.281 e. The summed E-state index contributed by atoms with van der Waals surface area (Å²) in [5.74, 6) is 0. The first-order valence-electron chi connectivity index (χ1n) is 5.04. The van der Waals surface area contributed by atoms with Crippen LogP contribution in [0, 0.1) is 11.3 Å². The van der Waals surface area contributed by atoms with E-state index >= 15 is 0 Å². The Morgan fingerprint density at radius 2 is 2.17 bits per heavy atom. The summed E-state index contributed by atoms with van der Waals surface area (Å²) in [6, 6.07) is 9.71. The van der Waals surface area contributed by atoms with Gasteiger partial charge >= 0.3 is 0 Å². The van der Waals surface area contributed by atoms with Gasteiger partial charge in [0.2, 0.25) is 0 Å². The Morgan fingerprint density at radius 3 is 2.78 bits per heavy atom. The topological polar surface area (TPSA) is 89.8 Å². The second-order valence-corrected chi connectivity index (χ2v) is 5.49. The molecular weight excluding hydrogens is 252 g/mol. The molecule has 0 spiro atoms. The Kier molecular flexibility index (Phi) is 3.04. The predicted molar refractivity (Wildman–Crippen MR) is 65.3 cm³/mol. The minimum atomic E-state index is -3.67. The van der Waals surface area contributed by atoms with E-state index in [2.05, 4.69) is 10.2 Å². The third-order valence-electron chi connectivity index (χ3n) is 2.45. The van der Waals surface area contributed by atoms with E-state index in [1.165, 1.54) is 25.4 Å². The maximum absolute atomic E-state index is 12.2. The summed E-state index contributed by atoms with van der Waals surface area (Å²) in [5, 5.41) is 14.8. The van der Waals surface area contributed by atoms with Gasteiger partial charge in [-0.1, -0.05) is 6.07 Å². The zero-order chi connectivity index (χ0) is 13.2. The number of benzene rings is 1. The number of H-pyrrole nitrogens is 1. The molecule has 0 amide bonds. The Morgan fingerprint density at radius 1 is 1.39 bits per heavy atom. The van der Waals surface area contributed by atoms with Gasteiger partial charge in [0.1, 0.15) is 0 Å². The molecule has 0 unspecified atom stereocenters. The van der Waals surface area contributed by atoms with Crippen LogP contribution in [0.25, 0.3) is 0 Å². The van der Waals surface area contributed by atoms with Crippen molar-refractivity contribution >= 4 is 15.7 Å². The van der Waals surface area contributed by atoms with E-state index in [4.69, 9.17) is 5.26 Å². The summed E-state index contributed by atoms with van der Waals surface area (Å²) in [6.45, 7) is 0. The number of anilines is 1. The van der Waals surface area contributed by atoms with Crippen molar-refractivity contribution in [3.05, 3.63) is 42.1 Å². The SMILES string of the molecule is CN(c1cccc(C#N)c1)S(=O)(=O)c1ccn[nH]1. The van der Waals surface area contributed by atoms with Crippen molar-refractivity contribution in [1.82, 2.24) is 10.2 Å². The number of rotatable bonds is 3. The molecule has 2 aromatic rings. The minimum absolute atomic E-state index is 0.00682. The number of nitrogens with zero attached hydrogens (tertiary/aromatic N) is 3. The Balaban J connectivity index is 2.43. The lowest BCUT2D eigenvalue weighted by atomic mass is 10.2. The van der Waals surface area contributed by atoms with E-state index in [1.54, 1.807) is 18.2 Å². The van der Waals surface area contributed by atoms with Gasteiger partial charge in [-0.25, -0.2) is 0 Å².